The van der Waals surface area contributed by atoms with Gasteiger partial charge in [-0.1, -0.05) is 22.6 Å². The molecule has 21 heavy (non-hydrogen) atoms. The molecule has 0 spiro atoms. The molecule has 0 aromatic rings. The molecule has 0 radical (unpaired) electrons. The third-order valence-corrected chi connectivity index (χ3v) is 4.10. The number of hydrogen-bond acceptors (Lipinski definition) is 3. The monoisotopic (exact) mass is 417 g/mol. The fourth-order valence-electron chi connectivity index (χ4n) is 2.32. The van der Waals surface area contributed by atoms with Gasteiger partial charge in [-0.2, -0.15) is 0 Å². The molecule has 0 aromatic carbocycles. The Morgan fingerprint density at radius 3 is 2.29 bits per heavy atom. The molecule has 7 heteroatoms. The SMILES string of the molecule is CC(C)(C)NC(=O)O[C@H](C(=O)CI)C1CCC(F)(F)CC1. The number of alkyl halides is 3. The van der Waals surface area contributed by atoms with Crippen LogP contribution >= 0.6 is 22.6 Å². The second-order valence-electron chi connectivity index (χ2n) is 6.49. The minimum Gasteiger partial charge on any atom is -0.438 e. The van der Waals surface area contributed by atoms with Crippen molar-refractivity contribution in [2.24, 2.45) is 5.92 Å². The maximum Gasteiger partial charge on any atom is 0.408 e. The Bertz CT molecular complexity index is 386. The van der Waals surface area contributed by atoms with Crippen molar-refractivity contribution < 1.29 is 23.1 Å². The lowest BCUT2D eigenvalue weighted by molar-refractivity contribution is -0.130. The van der Waals surface area contributed by atoms with Crippen LogP contribution in [0.3, 0.4) is 0 Å². The maximum absolute atomic E-state index is 13.2. The molecule has 4 nitrogen and oxygen atoms in total. The number of carbonyl (C=O) groups is 2. The lowest BCUT2D eigenvalue weighted by atomic mass is 9.82. The molecule has 1 saturated carbocycles. The highest BCUT2D eigenvalue weighted by molar-refractivity contribution is 14.1. The first-order valence-corrected chi connectivity index (χ1v) is 8.52. The van der Waals surface area contributed by atoms with Crippen molar-refractivity contribution in [2.45, 2.75) is 64.0 Å². The van der Waals surface area contributed by atoms with Crippen molar-refractivity contribution in [2.75, 3.05) is 4.43 Å². The van der Waals surface area contributed by atoms with E-state index in [1.165, 1.54) is 0 Å². The molecule has 1 atom stereocenters. The minimum absolute atomic E-state index is 0.193. The van der Waals surface area contributed by atoms with Gasteiger partial charge in [0.1, 0.15) is 0 Å². The van der Waals surface area contributed by atoms with Crippen LogP contribution in [-0.4, -0.2) is 33.9 Å². The molecule has 1 aliphatic rings. The standard InChI is InChI=1S/C14H22F2INO3/c1-13(2,3)18-12(20)21-11(10(19)8-17)9-4-6-14(15,16)7-5-9/h9,11H,4-8H2,1-3H3,(H,18,20)/t11-/m0/s1. The van der Waals surface area contributed by atoms with Crippen molar-refractivity contribution in [1.82, 2.24) is 5.32 Å². The Balaban J connectivity index is 2.69. The molecule has 122 valence electrons. The predicted molar refractivity (Wildman–Crippen MR) is 84.0 cm³/mol. The van der Waals surface area contributed by atoms with Crippen LogP contribution in [-0.2, 0) is 9.53 Å². The van der Waals surface area contributed by atoms with E-state index in [0.29, 0.717) is 0 Å². The number of nitrogens with one attached hydrogen (secondary N) is 1. The predicted octanol–water partition coefficient (Wildman–Crippen LogP) is 3.71. The molecule has 0 unspecified atom stereocenters. The van der Waals surface area contributed by atoms with E-state index in [-0.39, 0.29) is 41.8 Å². The van der Waals surface area contributed by atoms with Crippen LogP contribution < -0.4 is 5.32 Å². The van der Waals surface area contributed by atoms with Crippen molar-refractivity contribution in [1.29, 1.82) is 0 Å². The summed E-state index contributed by atoms with van der Waals surface area (Å²) < 4.78 is 31.8. The van der Waals surface area contributed by atoms with Gasteiger partial charge in [-0.05, 0) is 33.6 Å². The smallest absolute Gasteiger partial charge is 0.408 e. The van der Waals surface area contributed by atoms with Gasteiger partial charge in [-0.25, -0.2) is 13.6 Å². The molecular weight excluding hydrogens is 395 g/mol. The molecule has 1 N–H and O–H groups in total. The summed E-state index contributed by atoms with van der Waals surface area (Å²) in [5.74, 6) is -3.21. The summed E-state index contributed by atoms with van der Waals surface area (Å²) in [5, 5.41) is 2.62. The van der Waals surface area contributed by atoms with E-state index < -0.39 is 23.7 Å². The fourth-order valence-corrected chi connectivity index (χ4v) is 2.75. The number of carbonyl (C=O) groups excluding carboxylic acids is 2. The van der Waals surface area contributed by atoms with Gasteiger partial charge in [0.2, 0.25) is 5.92 Å². The molecule has 1 aliphatic carbocycles. The summed E-state index contributed by atoms with van der Waals surface area (Å²) in [7, 11) is 0. The van der Waals surface area contributed by atoms with E-state index in [1.54, 1.807) is 20.8 Å². The first-order chi connectivity index (χ1) is 9.54. The molecule has 0 aliphatic heterocycles. The number of ketones is 1. The van der Waals surface area contributed by atoms with Gasteiger partial charge in [-0.15, -0.1) is 0 Å². The van der Waals surface area contributed by atoms with E-state index >= 15 is 0 Å². The lowest BCUT2D eigenvalue weighted by Crippen LogP contribution is -2.46. The van der Waals surface area contributed by atoms with Crippen LogP contribution in [0.5, 0.6) is 0 Å². The van der Waals surface area contributed by atoms with Gasteiger partial charge in [0.05, 0.1) is 4.43 Å². The van der Waals surface area contributed by atoms with Gasteiger partial charge < -0.3 is 10.1 Å². The van der Waals surface area contributed by atoms with Crippen LogP contribution in [0, 0.1) is 5.92 Å². The van der Waals surface area contributed by atoms with Gasteiger partial charge in [0, 0.05) is 24.3 Å². The van der Waals surface area contributed by atoms with Crippen LogP contribution in [0.2, 0.25) is 0 Å². The first-order valence-electron chi connectivity index (χ1n) is 6.99. The molecule has 0 bridgehead atoms. The minimum atomic E-state index is -2.66. The van der Waals surface area contributed by atoms with E-state index in [1.807, 2.05) is 22.6 Å². The highest BCUT2D eigenvalue weighted by Gasteiger charge is 2.41. The summed E-state index contributed by atoms with van der Waals surface area (Å²) in [6.45, 7) is 5.39. The van der Waals surface area contributed by atoms with Gasteiger partial charge in [0.15, 0.2) is 11.9 Å². The quantitative estimate of drug-likeness (QED) is 0.561. The summed E-state index contributed by atoms with van der Waals surface area (Å²) in [6, 6.07) is 0. The number of amides is 1. The van der Waals surface area contributed by atoms with Crippen molar-refractivity contribution in [3.8, 4) is 0 Å². The number of alkyl carbamates (subject to hydrolysis) is 1. The van der Waals surface area contributed by atoms with Crippen molar-refractivity contribution >= 4 is 34.5 Å². The third-order valence-electron chi connectivity index (χ3n) is 3.35. The highest BCUT2D eigenvalue weighted by Crippen LogP contribution is 2.38. The Morgan fingerprint density at radius 1 is 1.33 bits per heavy atom. The van der Waals surface area contributed by atoms with Crippen LogP contribution in [0.15, 0.2) is 0 Å². The number of Topliss-reactive ketones (excluding diaryl/α,β-unsaturated/α-hetero) is 1. The van der Waals surface area contributed by atoms with Crippen molar-refractivity contribution in [3.63, 3.8) is 0 Å². The fraction of sp³-hybridized carbons (Fsp3) is 0.857. The highest BCUT2D eigenvalue weighted by atomic mass is 127. The molecule has 1 fully saturated rings. The summed E-state index contributed by atoms with van der Waals surface area (Å²) in [5.41, 5.74) is -0.478. The van der Waals surface area contributed by atoms with E-state index in [2.05, 4.69) is 5.32 Å². The Morgan fingerprint density at radius 2 is 1.86 bits per heavy atom. The molecule has 0 aromatic heterocycles. The Hall–Kier alpha value is -0.470. The zero-order chi connectivity index (χ0) is 16.3. The molecular formula is C14H22F2INO3. The largest absolute Gasteiger partial charge is 0.438 e. The number of ether oxygens (including phenoxy) is 1. The molecule has 0 saturated heterocycles. The van der Waals surface area contributed by atoms with Crippen LogP contribution in [0.4, 0.5) is 13.6 Å². The van der Waals surface area contributed by atoms with E-state index in [4.69, 9.17) is 4.74 Å². The average Bonchev–Trinajstić information content (AvgIpc) is 2.33. The van der Waals surface area contributed by atoms with Crippen LogP contribution in [0.25, 0.3) is 0 Å². The summed E-state index contributed by atoms with van der Waals surface area (Å²) >= 11 is 1.90. The topological polar surface area (TPSA) is 55.4 Å². The molecule has 0 heterocycles. The lowest BCUT2D eigenvalue weighted by Gasteiger charge is -2.33. The Labute approximate surface area is 137 Å². The first kappa shape index (κ1) is 18.6. The maximum atomic E-state index is 13.2. The van der Waals surface area contributed by atoms with Gasteiger partial charge >= 0.3 is 6.09 Å². The molecule has 1 amide bonds. The second kappa shape index (κ2) is 7.19. The third kappa shape index (κ3) is 6.44. The van der Waals surface area contributed by atoms with Crippen molar-refractivity contribution in [3.05, 3.63) is 0 Å². The average molecular weight is 417 g/mol. The number of halogens is 3. The van der Waals surface area contributed by atoms with E-state index in [0.717, 1.165) is 0 Å². The van der Waals surface area contributed by atoms with Gasteiger partial charge in [0.25, 0.3) is 0 Å². The summed E-state index contributed by atoms with van der Waals surface area (Å²) in [4.78, 5) is 23.8. The summed E-state index contributed by atoms with van der Waals surface area (Å²) in [6.07, 6.45) is -1.73. The van der Waals surface area contributed by atoms with Gasteiger partial charge in [-0.3, -0.25) is 4.79 Å². The van der Waals surface area contributed by atoms with Crippen LogP contribution in [0.1, 0.15) is 46.5 Å². The normalized spacial score (nSPS) is 20.7. The molecule has 1 rings (SSSR count). The zero-order valence-electron chi connectivity index (χ0n) is 12.5. The zero-order valence-corrected chi connectivity index (χ0v) is 14.7. The Kier molecular flexibility index (Phi) is 6.36. The number of hydrogen-bond donors (Lipinski definition) is 1. The second-order valence-corrected chi connectivity index (χ2v) is 7.26. The van der Waals surface area contributed by atoms with E-state index in [9.17, 15) is 18.4 Å². The number of rotatable bonds is 4.